The second-order valence-corrected chi connectivity index (χ2v) is 5.86. The fourth-order valence-corrected chi connectivity index (χ4v) is 2.99. The summed E-state index contributed by atoms with van der Waals surface area (Å²) in [7, 11) is 0. The summed E-state index contributed by atoms with van der Waals surface area (Å²) in [5.41, 5.74) is 0. The van der Waals surface area contributed by atoms with Gasteiger partial charge in [0.05, 0.1) is 6.10 Å². The van der Waals surface area contributed by atoms with Crippen molar-refractivity contribution >= 4 is 11.8 Å². The van der Waals surface area contributed by atoms with Crippen LogP contribution < -0.4 is 0 Å². The molecule has 1 aliphatic rings. The fraction of sp³-hybridized carbons (Fsp3) is 1.00. The van der Waals surface area contributed by atoms with Gasteiger partial charge in [-0.3, -0.25) is 4.90 Å². The molecule has 1 fully saturated rings. The number of aliphatic hydroxyl groups is 1. The smallest absolute Gasteiger partial charge is 0.0527 e. The lowest BCUT2D eigenvalue weighted by Crippen LogP contribution is -2.42. The number of aliphatic hydroxyl groups excluding tert-OH is 1. The van der Waals surface area contributed by atoms with Crippen LogP contribution in [0.1, 0.15) is 39.5 Å². The zero-order valence-electron chi connectivity index (χ0n) is 10.1. The van der Waals surface area contributed by atoms with Crippen molar-refractivity contribution in [2.45, 2.75) is 51.7 Å². The lowest BCUT2D eigenvalue weighted by Gasteiger charge is -2.36. The van der Waals surface area contributed by atoms with Crippen LogP contribution in [-0.2, 0) is 0 Å². The highest BCUT2D eigenvalue weighted by Gasteiger charge is 2.22. The average molecular weight is 231 g/mol. The fourth-order valence-electron chi connectivity index (χ4n) is 2.34. The van der Waals surface area contributed by atoms with E-state index in [0.717, 1.165) is 6.42 Å². The third kappa shape index (κ3) is 5.23. The summed E-state index contributed by atoms with van der Waals surface area (Å²) in [6, 6.07) is 0.635. The van der Waals surface area contributed by atoms with Gasteiger partial charge in [0.2, 0.25) is 0 Å². The molecule has 2 nitrogen and oxygen atoms in total. The van der Waals surface area contributed by atoms with E-state index in [9.17, 15) is 5.11 Å². The topological polar surface area (TPSA) is 23.5 Å². The van der Waals surface area contributed by atoms with Crippen LogP contribution in [0, 0.1) is 0 Å². The van der Waals surface area contributed by atoms with Gasteiger partial charge in [-0.2, -0.15) is 11.8 Å². The first kappa shape index (κ1) is 13.3. The average Bonchev–Trinajstić information content (AvgIpc) is 2.20. The van der Waals surface area contributed by atoms with Gasteiger partial charge in [0.1, 0.15) is 0 Å². The van der Waals surface area contributed by atoms with Crippen molar-refractivity contribution in [2.75, 3.05) is 24.6 Å². The van der Waals surface area contributed by atoms with Gasteiger partial charge in [-0.1, -0.05) is 13.3 Å². The lowest BCUT2D eigenvalue weighted by atomic mass is 9.97. The van der Waals surface area contributed by atoms with Gasteiger partial charge in [-0.05, 0) is 38.5 Å². The summed E-state index contributed by atoms with van der Waals surface area (Å²) in [6.07, 6.45) is 4.77. The molecule has 0 saturated carbocycles. The molecule has 0 amide bonds. The number of hydrogen-bond donors (Lipinski definition) is 1. The Morgan fingerprint density at radius 1 is 1.47 bits per heavy atom. The molecule has 1 aliphatic heterocycles. The molecule has 0 aromatic rings. The predicted octanol–water partition coefficient (Wildman–Crippen LogP) is 2.36. The maximum absolute atomic E-state index is 9.46. The molecule has 0 aliphatic carbocycles. The minimum absolute atomic E-state index is 0.144. The molecule has 1 saturated heterocycles. The molecule has 90 valence electrons. The van der Waals surface area contributed by atoms with Crippen molar-refractivity contribution in [1.29, 1.82) is 0 Å². The summed E-state index contributed by atoms with van der Waals surface area (Å²) < 4.78 is 0. The standard InChI is InChI=1S/C12H25NOS/c1-3-15-9-8-13-7-5-4-6-12(13)10-11(2)14/h11-12,14H,3-10H2,1-2H3. The van der Waals surface area contributed by atoms with Crippen molar-refractivity contribution < 1.29 is 5.11 Å². The van der Waals surface area contributed by atoms with Crippen molar-refractivity contribution in [3.63, 3.8) is 0 Å². The van der Waals surface area contributed by atoms with E-state index in [1.54, 1.807) is 0 Å². The van der Waals surface area contributed by atoms with Crippen LogP contribution in [0.2, 0.25) is 0 Å². The molecule has 0 bridgehead atoms. The molecular formula is C12H25NOS. The zero-order valence-corrected chi connectivity index (χ0v) is 10.9. The Morgan fingerprint density at radius 2 is 2.27 bits per heavy atom. The second kappa shape index (κ2) is 7.53. The first-order valence-corrected chi connectivity index (χ1v) is 7.39. The second-order valence-electron chi connectivity index (χ2n) is 4.47. The molecule has 0 aromatic carbocycles. The van der Waals surface area contributed by atoms with Gasteiger partial charge in [-0.25, -0.2) is 0 Å². The molecule has 1 rings (SSSR count). The van der Waals surface area contributed by atoms with E-state index in [1.165, 1.54) is 43.9 Å². The summed E-state index contributed by atoms with van der Waals surface area (Å²) in [5, 5.41) is 9.46. The van der Waals surface area contributed by atoms with E-state index < -0.39 is 0 Å². The minimum atomic E-state index is -0.144. The van der Waals surface area contributed by atoms with E-state index in [1.807, 2.05) is 18.7 Å². The predicted molar refractivity (Wildman–Crippen MR) is 68.5 cm³/mol. The molecule has 3 heteroatoms. The Bertz CT molecular complexity index is 164. The molecule has 2 unspecified atom stereocenters. The number of thioether (sulfide) groups is 1. The number of rotatable bonds is 6. The van der Waals surface area contributed by atoms with Crippen molar-refractivity contribution in [3.8, 4) is 0 Å². The summed E-state index contributed by atoms with van der Waals surface area (Å²) in [6.45, 7) is 6.57. The van der Waals surface area contributed by atoms with E-state index in [2.05, 4.69) is 11.8 Å². The van der Waals surface area contributed by atoms with Gasteiger partial charge in [0.25, 0.3) is 0 Å². The van der Waals surface area contributed by atoms with Gasteiger partial charge in [0, 0.05) is 18.3 Å². The third-order valence-electron chi connectivity index (χ3n) is 3.09. The number of piperidine rings is 1. The largest absolute Gasteiger partial charge is 0.393 e. The normalized spacial score (nSPS) is 25.4. The van der Waals surface area contributed by atoms with Crippen LogP contribution >= 0.6 is 11.8 Å². The lowest BCUT2D eigenvalue weighted by molar-refractivity contribution is 0.0916. The van der Waals surface area contributed by atoms with Crippen LogP contribution in [0.5, 0.6) is 0 Å². The molecule has 1 N–H and O–H groups in total. The SMILES string of the molecule is CCSCCN1CCCCC1CC(C)O. The molecular weight excluding hydrogens is 206 g/mol. The number of nitrogens with zero attached hydrogens (tertiary/aromatic N) is 1. The highest BCUT2D eigenvalue weighted by Crippen LogP contribution is 2.21. The summed E-state index contributed by atoms with van der Waals surface area (Å²) >= 11 is 2.02. The Morgan fingerprint density at radius 3 is 2.93 bits per heavy atom. The molecule has 15 heavy (non-hydrogen) atoms. The van der Waals surface area contributed by atoms with E-state index >= 15 is 0 Å². The first-order chi connectivity index (χ1) is 7.24. The highest BCUT2D eigenvalue weighted by molar-refractivity contribution is 7.99. The quantitative estimate of drug-likeness (QED) is 0.710. The van der Waals surface area contributed by atoms with E-state index in [0.29, 0.717) is 6.04 Å². The summed E-state index contributed by atoms with van der Waals surface area (Å²) in [5.74, 6) is 2.46. The van der Waals surface area contributed by atoms with E-state index in [-0.39, 0.29) is 6.10 Å². The van der Waals surface area contributed by atoms with Crippen molar-refractivity contribution in [2.24, 2.45) is 0 Å². The van der Waals surface area contributed by atoms with Crippen LogP contribution in [-0.4, -0.2) is 46.7 Å². The molecule has 2 atom stereocenters. The Kier molecular flexibility index (Phi) is 6.69. The van der Waals surface area contributed by atoms with Crippen LogP contribution in [0.25, 0.3) is 0 Å². The van der Waals surface area contributed by atoms with Crippen LogP contribution in [0.4, 0.5) is 0 Å². The van der Waals surface area contributed by atoms with Crippen LogP contribution in [0.15, 0.2) is 0 Å². The molecule has 0 aromatic heterocycles. The summed E-state index contributed by atoms with van der Waals surface area (Å²) in [4.78, 5) is 2.58. The van der Waals surface area contributed by atoms with Crippen LogP contribution in [0.3, 0.4) is 0 Å². The maximum Gasteiger partial charge on any atom is 0.0527 e. The molecule has 0 spiro atoms. The Labute approximate surface area is 98.4 Å². The van der Waals surface area contributed by atoms with Gasteiger partial charge < -0.3 is 5.11 Å². The highest BCUT2D eigenvalue weighted by atomic mass is 32.2. The van der Waals surface area contributed by atoms with Gasteiger partial charge in [0.15, 0.2) is 0 Å². The Hall–Kier alpha value is 0.270. The van der Waals surface area contributed by atoms with Gasteiger partial charge >= 0.3 is 0 Å². The van der Waals surface area contributed by atoms with Crippen molar-refractivity contribution in [1.82, 2.24) is 4.90 Å². The monoisotopic (exact) mass is 231 g/mol. The third-order valence-corrected chi connectivity index (χ3v) is 3.97. The Balaban J connectivity index is 2.29. The van der Waals surface area contributed by atoms with E-state index in [4.69, 9.17) is 0 Å². The number of likely N-dealkylation sites (tertiary alicyclic amines) is 1. The minimum Gasteiger partial charge on any atom is -0.393 e. The van der Waals surface area contributed by atoms with Crippen molar-refractivity contribution in [3.05, 3.63) is 0 Å². The zero-order chi connectivity index (χ0) is 11.1. The molecule has 1 heterocycles. The first-order valence-electron chi connectivity index (χ1n) is 6.24. The maximum atomic E-state index is 9.46. The number of hydrogen-bond acceptors (Lipinski definition) is 3. The van der Waals surface area contributed by atoms with Gasteiger partial charge in [-0.15, -0.1) is 0 Å². The molecule has 0 radical (unpaired) electrons.